The van der Waals surface area contributed by atoms with E-state index in [1.807, 2.05) is 0 Å². The summed E-state index contributed by atoms with van der Waals surface area (Å²) in [6, 6.07) is 0. The number of rotatable bonds is 0. The van der Waals surface area contributed by atoms with Crippen LogP contribution < -0.4 is 0 Å². The first-order chi connectivity index (χ1) is 11.3. The number of carbonyl (C=O) groups excluding carboxylic acids is 2. The first-order valence-corrected chi connectivity index (χ1v) is 9.40. The molecule has 130 valence electrons. The minimum atomic E-state index is -0.201. The van der Waals surface area contributed by atoms with Crippen LogP contribution in [-0.4, -0.2) is 11.6 Å². The summed E-state index contributed by atoms with van der Waals surface area (Å²) in [5.74, 6) is 1.98. The summed E-state index contributed by atoms with van der Waals surface area (Å²) in [6.45, 7) is 6.54. The molecule has 0 N–H and O–H groups in total. The van der Waals surface area contributed by atoms with E-state index in [0.29, 0.717) is 48.4 Å². The van der Waals surface area contributed by atoms with Gasteiger partial charge in [-0.1, -0.05) is 20.8 Å². The summed E-state index contributed by atoms with van der Waals surface area (Å²) in [4.78, 5) is 24.6. The number of fused-ring (bicyclic) bond motifs is 5. The molecule has 6 atom stereocenters. The van der Waals surface area contributed by atoms with Gasteiger partial charge in [0, 0.05) is 18.3 Å². The molecular weight excluding hydrogens is 303 g/mol. The van der Waals surface area contributed by atoms with Crippen molar-refractivity contribution in [1.29, 1.82) is 0 Å². The minimum absolute atomic E-state index is 0.129. The molecule has 0 spiro atoms. The van der Waals surface area contributed by atoms with Gasteiger partial charge in [-0.3, -0.25) is 9.59 Å². The van der Waals surface area contributed by atoms with Gasteiger partial charge in [0.15, 0.2) is 5.78 Å². The molecule has 0 saturated heterocycles. The molecule has 0 heterocycles. The van der Waals surface area contributed by atoms with Crippen molar-refractivity contribution in [2.75, 3.05) is 0 Å². The Bertz CT molecular complexity index is 675. The van der Waals surface area contributed by atoms with Crippen LogP contribution in [0.4, 0.5) is 4.39 Å². The van der Waals surface area contributed by atoms with Gasteiger partial charge in [0.25, 0.3) is 0 Å². The summed E-state index contributed by atoms with van der Waals surface area (Å²) in [5, 5.41) is 0. The summed E-state index contributed by atoms with van der Waals surface area (Å²) >= 11 is 0. The molecular formula is C21H27FO2. The van der Waals surface area contributed by atoms with E-state index in [1.165, 1.54) is 0 Å². The van der Waals surface area contributed by atoms with E-state index in [9.17, 15) is 14.0 Å². The molecule has 0 aromatic heterocycles. The fourth-order valence-corrected chi connectivity index (χ4v) is 6.71. The highest BCUT2D eigenvalue weighted by Crippen LogP contribution is 2.66. The summed E-state index contributed by atoms with van der Waals surface area (Å²) < 4.78 is 13.8. The van der Waals surface area contributed by atoms with E-state index in [2.05, 4.69) is 20.8 Å². The number of ketones is 2. The van der Waals surface area contributed by atoms with Gasteiger partial charge >= 0.3 is 0 Å². The third-order valence-corrected chi connectivity index (χ3v) is 8.27. The molecule has 3 fully saturated rings. The number of hydrogen-bond donors (Lipinski definition) is 0. The molecule has 3 heteroatoms. The molecule has 0 unspecified atom stereocenters. The normalized spacial score (nSPS) is 49.5. The molecule has 2 nitrogen and oxygen atoms in total. The van der Waals surface area contributed by atoms with Gasteiger partial charge in [0.1, 0.15) is 5.78 Å². The molecule has 0 bridgehead atoms. The fourth-order valence-electron chi connectivity index (χ4n) is 6.71. The second kappa shape index (κ2) is 5.12. The molecule has 0 aliphatic heterocycles. The van der Waals surface area contributed by atoms with Gasteiger partial charge < -0.3 is 0 Å². The van der Waals surface area contributed by atoms with Gasteiger partial charge in [-0.25, -0.2) is 4.39 Å². The smallest absolute Gasteiger partial charge is 0.156 e. The monoisotopic (exact) mass is 330 g/mol. The van der Waals surface area contributed by atoms with Crippen molar-refractivity contribution >= 4 is 11.6 Å². The largest absolute Gasteiger partial charge is 0.299 e. The highest BCUT2D eigenvalue weighted by atomic mass is 19.1. The standard InChI is InChI=1S/C21H27FO2/c1-12-8-14(23)10-18-13(11-22)9-15-16-4-5-19(24)20(16,2)7-6-17(15)21(12,18)3/h10-12,15-17H,4-9H2,1-3H3/t12-,15+,16+,17+,20+,21-/m1/s1. The highest BCUT2D eigenvalue weighted by molar-refractivity contribution is 5.93. The van der Waals surface area contributed by atoms with Gasteiger partial charge in [-0.2, -0.15) is 0 Å². The van der Waals surface area contributed by atoms with Gasteiger partial charge in [-0.05, 0) is 72.0 Å². The van der Waals surface area contributed by atoms with Crippen molar-refractivity contribution in [3.8, 4) is 0 Å². The van der Waals surface area contributed by atoms with Gasteiger partial charge in [-0.15, -0.1) is 0 Å². The van der Waals surface area contributed by atoms with Crippen molar-refractivity contribution in [3.05, 3.63) is 23.6 Å². The van der Waals surface area contributed by atoms with Crippen LogP contribution in [0.15, 0.2) is 23.6 Å². The van der Waals surface area contributed by atoms with E-state index < -0.39 is 0 Å². The molecule has 4 rings (SSSR count). The topological polar surface area (TPSA) is 34.1 Å². The Balaban J connectivity index is 1.82. The van der Waals surface area contributed by atoms with E-state index >= 15 is 0 Å². The van der Waals surface area contributed by atoms with E-state index in [-0.39, 0.29) is 22.5 Å². The van der Waals surface area contributed by atoms with Crippen LogP contribution in [0.3, 0.4) is 0 Å². The Hall–Kier alpha value is -1.25. The van der Waals surface area contributed by atoms with Gasteiger partial charge in [0.05, 0.1) is 6.33 Å². The lowest BCUT2D eigenvalue weighted by Gasteiger charge is -2.59. The van der Waals surface area contributed by atoms with Crippen molar-refractivity contribution in [3.63, 3.8) is 0 Å². The Morgan fingerprint density at radius 2 is 1.92 bits per heavy atom. The molecule has 3 saturated carbocycles. The van der Waals surface area contributed by atoms with Crippen molar-refractivity contribution in [1.82, 2.24) is 0 Å². The summed E-state index contributed by atoms with van der Waals surface area (Å²) in [6.07, 6.45) is 7.32. The van der Waals surface area contributed by atoms with Crippen LogP contribution in [0.25, 0.3) is 0 Å². The number of halogens is 1. The van der Waals surface area contributed by atoms with Crippen LogP contribution in [0.1, 0.15) is 59.3 Å². The van der Waals surface area contributed by atoms with E-state index in [4.69, 9.17) is 0 Å². The molecule has 24 heavy (non-hydrogen) atoms. The third kappa shape index (κ3) is 1.87. The maximum atomic E-state index is 13.8. The molecule has 0 amide bonds. The lowest BCUT2D eigenvalue weighted by atomic mass is 9.44. The Labute approximate surface area is 143 Å². The first kappa shape index (κ1) is 16.2. The summed E-state index contributed by atoms with van der Waals surface area (Å²) in [5.41, 5.74) is 1.32. The second-order valence-electron chi connectivity index (χ2n) is 9.05. The molecule has 0 aromatic rings. The molecule has 4 aliphatic carbocycles. The lowest BCUT2D eigenvalue weighted by Crippen LogP contribution is -2.53. The molecule has 0 radical (unpaired) electrons. The number of Topliss-reactive ketones (excluding diaryl/α,β-unsaturated/α-hetero) is 1. The Kier molecular flexibility index (Phi) is 3.47. The van der Waals surface area contributed by atoms with Crippen LogP contribution in [0, 0.1) is 34.5 Å². The van der Waals surface area contributed by atoms with Crippen molar-refractivity contribution in [2.45, 2.75) is 59.3 Å². The second-order valence-corrected chi connectivity index (χ2v) is 9.05. The summed E-state index contributed by atoms with van der Waals surface area (Å²) in [7, 11) is 0. The number of carbonyl (C=O) groups is 2. The van der Waals surface area contributed by atoms with E-state index in [1.54, 1.807) is 6.08 Å². The maximum Gasteiger partial charge on any atom is 0.156 e. The average Bonchev–Trinajstić information content (AvgIpc) is 2.84. The number of allylic oxidation sites excluding steroid dienone is 2. The predicted octanol–water partition coefficient (Wildman–Crippen LogP) is 4.80. The fraction of sp³-hybridized carbons (Fsp3) is 0.714. The van der Waals surface area contributed by atoms with E-state index in [0.717, 1.165) is 31.2 Å². The molecule has 0 aromatic carbocycles. The average molecular weight is 330 g/mol. The van der Waals surface area contributed by atoms with Gasteiger partial charge in [0.2, 0.25) is 0 Å². The minimum Gasteiger partial charge on any atom is -0.299 e. The van der Waals surface area contributed by atoms with Crippen LogP contribution in [0.5, 0.6) is 0 Å². The zero-order chi connectivity index (χ0) is 17.3. The molecule has 4 aliphatic rings. The highest BCUT2D eigenvalue weighted by Gasteiger charge is 2.61. The predicted molar refractivity (Wildman–Crippen MR) is 90.8 cm³/mol. The SMILES string of the molecule is C[C@@H]1CC(=O)C=C2C(=CF)C[C@@H]3[C@H](CC[C@]4(C)C(=O)CC[C@@H]34)[C@]21C. The third-order valence-electron chi connectivity index (χ3n) is 8.27. The zero-order valence-corrected chi connectivity index (χ0v) is 14.9. The Morgan fingerprint density at radius 1 is 1.17 bits per heavy atom. The van der Waals surface area contributed by atoms with Crippen LogP contribution in [-0.2, 0) is 9.59 Å². The number of hydrogen-bond acceptors (Lipinski definition) is 2. The first-order valence-electron chi connectivity index (χ1n) is 9.40. The lowest BCUT2D eigenvalue weighted by molar-refractivity contribution is -0.132. The van der Waals surface area contributed by atoms with Crippen molar-refractivity contribution < 1.29 is 14.0 Å². The zero-order valence-electron chi connectivity index (χ0n) is 14.9. The van der Waals surface area contributed by atoms with Crippen LogP contribution >= 0.6 is 0 Å². The Morgan fingerprint density at radius 3 is 2.62 bits per heavy atom. The quantitative estimate of drug-likeness (QED) is 0.639. The van der Waals surface area contributed by atoms with Crippen molar-refractivity contribution in [2.24, 2.45) is 34.5 Å². The maximum absolute atomic E-state index is 13.8. The van der Waals surface area contributed by atoms with Crippen LogP contribution in [0.2, 0.25) is 0 Å².